The van der Waals surface area contributed by atoms with E-state index in [0.29, 0.717) is 10.2 Å². The summed E-state index contributed by atoms with van der Waals surface area (Å²) in [4.78, 5) is 14.9. The lowest BCUT2D eigenvalue weighted by Gasteiger charge is -2.13. The average Bonchev–Trinajstić information content (AvgIpc) is 2.75. The normalized spacial score (nSPS) is 17.1. The summed E-state index contributed by atoms with van der Waals surface area (Å²) in [6, 6.07) is 8.38. The van der Waals surface area contributed by atoms with Crippen molar-refractivity contribution in [1.29, 1.82) is 0 Å². The van der Waals surface area contributed by atoms with E-state index < -0.39 is 0 Å². The molecule has 1 saturated heterocycles. The van der Waals surface area contributed by atoms with Crippen LogP contribution >= 0.6 is 24.0 Å². The van der Waals surface area contributed by atoms with Crippen LogP contribution in [0.5, 0.6) is 0 Å². The summed E-state index contributed by atoms with van der Waals surface area (Å²) in [5.41, 5.74) is 2.36. The Bertz CT molecular complexity index is 575. The molecule has 0 aromatic heterocycles. The lowest BCUT2D eigenvalue weighted by molar-refractivity contribution is -0.122. The number of thioether (sulfide) groups is 1. The quantitative estimate of drug-likeness (QED) is 0.405. The number of hydrogen-bond acceptors (Lipinski definition) is 3. The van der Waals surface area contributed by atoms with Crippen LogP contribution in [0.25, 0.3) is 6.08 Å². The van der Waals surface area contributed by atoms with Gasteiger partial charge in [-0.25, -0.2) is 0 Å². The van der Waals surface area contributed by atoms with Crippen molar-refractivity contribution in [3.8, 4) is 0 Å². The van der Waals surface area contributed by atoms with Gasteiger partial charge in [-0.1, -0.05) is 81.9 Å². The lowest BCUT2D eigenvalue weighted by atomic mass is 10.0. The van der Waals surface area contributed by atoms with Crippen molar-refractivity contribution in [2.75, 3.05) is 6.54 Å². The number of carbonyl (C=O) groups is 1. The maximum atomic E-state index is 12.4. The Labute approximate surface area is 143 Å². The summed E-state index contributed by atoms with van der Waals surface area (Å²) < 4.78 is 0.686. The highest BCUT2D eigenvalue weighted by Crippen LogP contribution is 2.32. The van der Waals surface area contributed by atoms with Gasteiger partial charge in [0.05, 0.1) is 4.91 Å². The maximum Gasteiger partial charge on any atom is 0.266 e. The Kier molecular flexibility index (Phi) is 6.21. The molecule has 22 heavy (non-hydrogen) atoms. The van der Waals surface area contributed by atoms with Crippen molar-refractivity contribution in [1.82, 2.24) is 4.90 Å². The van der Waals surface area contributed by atoms with Crippen LogP contribution in [0.15, 0.2) is 29.2 Å². The fourth-order valence-electron chi connectivity index (χ4n) is 2.34. The van der Waals surface area contributed by atoms with Crippen LogP contribution in [0.4, 0.5) is 0 Å². The molecule has 4 heteroatoms. The summed E-state index contributed by atoms with van der Waals surface area (Å²) in [6.07, 6.45) is 5.24. The topological polar surface area (TPSA) is 20.3 Å². The summed E-state index contributed by atoms with van der Waals surface area (Å²) in [6.45, 7) is 7.25. The summed E-state index contributed by atoms with van der Waals surface area (Å²) >= 11 is 6.76. The largest absolute Gasteiger partial charge is 0.293 e. The number of nitrogens with zero attached hydrogens (tertiary/aromatic N) is 1. The predicted octanol–water partition coefficient (Wildman–Crippen LogP) is 5.20. The number of hydrogen-bond donors (Lipinski definition) is 0. The Balaban J connectivity index is 2.08. The molecular weight excluding hydrogens is 310 g/mol. The smallest absolute Gasteiger partial charge is 0.266 e. The van der Waals surface area contributed by atoms with Gasteiger partial charge in [-0.05, 0) is 29.5 Å². The molecule has 1 fully saturated rings. The lowest BCUT2D eigenvalue weighted by Crippen LogP contribution is -2.28. The number of rotatable bonds is 6. The second-order valence-corrected chi connectivity index (χ2v) is 7.54. The van der Waals surface area contributed by atoms with Crippen LogP contribution in [0, 0.1) is 0 Å². The van der Waals surface area contributed by atoms with Gasteiger partial charge in [-0.2, -0.15) is 0 Å². The molecule has 0 bridgehead atoms. The molecule has 1 aromatic carbocycles. The zero-order valence-corrected chi connectivity index (χ0v) is 15.1. The second kappa shape index (κ2) is 7.93. The third-order valence-corrected chi connectivity index (χ3v) is 5.14. The number of thiocarbonyl (C=S) groups is 1. The number of unbranched alkanes of at least 4 members (excludes halogenated alkanes) is 2. The fourth-order valence-corrected chi connectivity index (χ4v) is 3.65. The predicted molar refractivity (Wildman–Crippen MR) is 99.9 cm³/mol. The van der Waals surface area contributed by atoms with E-state index in [1.54, 1.807) is 4.90 Å². The van der Waals surface area contributed by atoms with E-state index in [9.17, 15) is 4.79 Å². The SMILES string of the molecule is CCCCCN1C(=O)/C(=C/c2ccc(C(C)C)cc2)SC1=S. The Morgan fingerprint density at radius 3 is 2.50 bits per heavy atom. The van der Waals surface area contributed by atoms with Gasteiger partial charge in [0.1, 0.15) is 4.32 Å². The van der Waals surface area contributed by atoms with Crippen molar-refractivity contribution in [3.63, 3.8) is 0 Å². The Morgan fingerprint density at radius 1 is 1.23 bits per heavy atom. The van der Waals surface area contributed by atoms with Gasteiger partial charge in [0, 0.05) is 6.54 Å². The molecule has 0 radical (unpaired) electrons. The highest BCUT2D eigenvalue weighted by atomic mass is 32.2. The van der Waals surface area contributed by atoms with Crippen LogP contribution in [0.1, 0.15) is 57.1 Å². The van der Waals surface area contributed by atoms with E-state index in [-0.39, 0.29) is 5.91 Å². The van der Waals surface area contributed by atoms with Gasteiger partial charge in [-0.3, -0.25) is 9.69 Å². The van der Waals surface area contributed by atoms with Gasteiger partial charge in [0.25, 0.3) is 5.91 Å². The number of carbonyl (C=O) groups excluding carboxylic acids is 1. The van der Waals surface area contributed by atoms with Crippen molar-refractivity contribution in [2.45, 2.75) is 46.0 Å². The first-order chi connectivity index (χ1) is 10.5. The van der Waals surface area contributed by atoms with Crippen LogP contribution < -0.4 is 0 Å². The average molecular weight is 334 g/mol. The first kappa shape index (κ1) is 17.2. The monoisotopic (exact) mass is 333 g/mol. The molecule has 0 spiro atoms. The molecule has 2 rings (SSSR count). The molecule has 0 unspecified atom stereocenters. The van der Waals surface area contributed by atoms with Gasteiger partial charge in [-0.15, -0.1) is 0 Å². The summed E-state index contributed by atoms with van der Waals surface area (Å²) in [5.74, 6) is 0.574. The van der Waals surface area contributed by atoms with E-state index in [1.165, 1.54) is 17.3 Å². The molecular formula is C18H23NOS2. The third-order valence-electron chi connectivity index (χ3n) is 3.76. The maximum absolute atomic E-state index is 12.4. The first-order valence-corrected chi connectivity index (χ1v) is 9.10. The van der Waals surface area contributed by atoms with Crippen LogP contribution in [-0.2, 0) is 4.79 Å². The standard InChI is InChI=1S/C18H23NOS2/c1-4-5-6-11-19-17(20)16(22-18(19)21)12-14-7-9-15(10-8-14)13(2)3/h7-10,12-13H,4-6,11H2,1-3H3/b16-12-. The minimum absolute atomic E-state index is 0.0547. The minimum Gasteiger partial charge on any atom is -0.293 e. The van der Waals surface area contributed by atoms with E-state index in [2.05, 4.69) is 45.0 Å². The molecule has 0 N–H and O–H groups in total. The molecule has 0 aliphatic carbocycles. The van der Waals surface area contributed by atoms with Gasteiger partial charge in [0.15, 0.2) is 0 Å². The molecule has 1 amide bonds. The zero-order valence-electron chi connectivity index (χ0n) is 13.5. The fraction of sp³-hybridized carbons (Fsp3) is 0.444. The molecule has 1 aliphatic rings. The number of amides is 1. The summed E-state index contributed by atoms with van der Waals surface area (Å²) in [7, 11) is 0. The van der Waals surface area contributed by atoms with Gasteiger partial charge in [0.2, 0.25) is 0 Å². The van der Waals surface area contributed by atoms with Crippen LogP contribution in [0.3, 0.4) is 0 Å². The number of benzene rings is 1. The van der Waals surface area contributed by atoms with Gasteiger partial charge >= 0.3 is 0 Å². The first-order valence-electron chi connectivity index (χ1n) is 7.88. The molecule has 0 saturated carbocycles. The Hall–Kier alpha value is -1.13. The molecule has 118 valence electrons. The highest BCUT2D eigenvalue weighted by molar-refractivity contribution is 8.26. The highest BCUT2D eigenvalue weighted by Gasteiger charge is 2.31. The molecule has 1 aliphatic heterocycles. The van der Waals surface area contributed by atoms with E-state index in [1.807, 2.05) is 6.08 Å². The molecule has 0 atom stereocenters. The Morgan fingerprint density at radius 2 is 1.91 bits per heavy atom. The zero-order chi connectivity index (χ0) is 16.1. The van der Waals surface area contributed by atoms with E-state index in [0.717, 1.165) is 36.3 Å². The van der Waals surface area contributed by atoms with E-state index in [4.69, 9.17) is 12.2 Å². The van der Waals surface area contributed by atoms with Crippen molar-refractivity contribution >= 4 is 40.3 Å². The second-order valence-electron chi connectivity index (χ2n) is 5.86. The molecule has 2 nitrogen and oxygen atoms in total. The minimum atomic E-state index is 0.0547. The van der Waals surface area contributed by atoms with Crippen LogP contribution in [0.2, 0.25) is 0 Å². The third kappa shape index (κ3) is 4.20. The summed E-state index contributed by atoms with van der Waals surface area (Å²) in [5, 5.41) is 0. The van der Waals surface area contributed by atoms with Gasteiger partial charge < -0.3 is 0 Å². The molecule has 1 aromatic rings. The van der Waals surface area contributed by atoms with Crippen molar-refractivity contribution in [2.24, 2.45) is 0 Å². The van der Waals surface area contributed by atoms with Crippen molar-refractivity contribution < 1.29 is 4.79 Å². The van der Waals surface area contributed by atoms with Crippen molar-refractivity contribution in [3.05, 3.63) is 40.3 Å². The van der Waals surface area contributed by atoms with E-state index >= 15 is 0 Å². The van der Waals surface area contributed by atoms with Crippen LogP contribution in [-0.4, -0.2) is 21.7 Å². The molecule has 1 heterocycles.